The zero-order valence-electron chi connectivity index (χ0n) is 18.4. The Labute approximate surface area is 200 Å². The van der Waals surface area contributed by atoms with Gasteiger partial charge in [-0.15, -0.1) is 0 Å². The average Bonchev–Trinajstić information content (AvgIpc) is 2.78. The molecule has 0 saturated heterocycles. The zero-order valence-corrected chi connectivity index (χ0v) is 20.9. The second-order valence-electron chi connectivity index (χ2n) is 6.90. The highest BCUT2D eigenvalue weighted by Crippen LogP contribution is 2.32. The lowest BCUT2D eigenvalue weighted by atomic mass is 9.91. The lowest BCUT2D eigenvalue weighted by Crippen LogP contribution is -2.40. The van der Waals surface area contributed by atoms with Gasteiger partial charge in [-0.25, -0.2) is 4.85 Å². The van der Waals surface area contributed by atoms with Gasteiger partial charge in [0.25, 0.3) is 0 Å². The van der Waals surface area contributed by atoms with E-state index in [9.17, 15) is 14.7 Å². The Morgan fingerprint density at radius 3 is 2.56 bits per heavy atom. The van der Waals surface area contributed by atoms with E-state index in [0.29, 0.717) is 27.6 Å². The molecule has 0 aromatic heterocycles. The molecule has 1 amide bonds. The zero-order chi connectivity index (χ0) is 24.3. The number of aliphatic hydroxyl groups is 1. The standard InChI is InChI=1S/C22H23ClN2O4.CH3PS/c1-13-15(8-9-19(24-3)21(13)23)11-18(14(2)26)22(28)25-12-20(27)16-6-5-7-17(10-16)29-4;1-2-3/h5-10,14,18,26H,11-12H2,1-2,4H3,(H,25,28);1H3/t14-,18+;/m0./s1. The molecule has 2 aromatic carbocycles. The average molecular weight is 493 g/mol. The maximum absolute atomic E-state index is 12.6. The van der Waals surface area contributed by atoms with Crippen molar-refractivity contribution in [2.75, 3.05) is 20.3 Å². The summed E-state index contributed by atoms with van der Waals surface area (Å²) >= 11 is 10.6. The molecular formula is C23H26ClN2O4PS. The van der Waals surface area contributed by atoms with Gasteiger partial charge in [-0.2, -0.15) is 0 Å². The molecule has 2 N–H and O–H groups in total. The molecule has 2 rings (SSSR count). The molecule has 0 fully saturated rings. The van der Waals surface area contributed by atoms with E-state index in [-0.39, 0.29) is 18.7 Å². The number of rotatable bonds is 8. The van der Waals surface area contributed by atoms with Gasteiger partial charge in [0.15, 0.2) is 5.78 Å². The second-order valence-corrected chi connectivity index (χ2v) is 8.74. The van der Waals surface area contributed by atoms with E-state index < -0.39 is 17.9 Å². The molecule has 6 nitrogen and oxygen atoms in total. The van der Waals surface area contributed by atoms with Crippen LogP contribution in [0.3, 0.4) is 0 Å². The summed E-state index contributed by atoms with van der Waals surface area (Å²) in [5, 5.41) is 13.1. The Balaban J connectivity index is 0.00000161. The van der Waals surface area contributed by atoms with Gasteiger partial charge in [0.2, 0.25) is 11.6 Å². The van der Waals surface area contributed by atoms with Gasteiger partial charge in [-0.05, 0) is 57.5 Å². The molecule has 0 saturated carbocycles. The summed E-state index contributed by atoms with van der Waals surface area (Å²) in [7, 11) is 2.51. The first-order valence-electron chi connectivity index (χ1n) is 9.70. The van der Waals surface area contributed by atoms with Crippen molar-refractivity contribution >= 4 is 48.1 Å². The summed E-state index contributed by atoms with van der Waals surface area (Å²) in [6, 6.07) is 10.0. The summed E-state index contributed by atoms with van der Waals surface area (Å²) < 4.78 is 5.10. The van der Waals surface area contributed by atoms with Crippen molar-refractivity contribution in [2.45, 2.75) is 26.4 Å². The van der Waals surface area contributed by atoms with E-state index in [4.69, 9.17) is 22.9 Å². The summed E-state index contributed by atoms with van der Waals surface area (Å²) in [4.78, 5) is 28.4. The van der Waals surface area contributed by atoms with Gasteiger partial charge in [0.05, 0.1) is 37.3 Å². The molecule has 0 radical (unpaired) electrons. The number of aliphatic hydroxyl groups excluding tert-OH is 1. The number of nitrogens with one attached hydrogen (secondary N) is 1. The Morgan fingerprint density at radius 2 is 2.00 bits per heavy atom. The van der Waals surface area contributed by atoms with Crippen molar-refractivity contribution in [1.29, 1.82) is 0 Å². The maximum atomic E-state index is 12.6. The first-order chi connectivity index (χ1) is 15.2. The molecule has 0 aliphatic carbocycles. The molecule has 0 bridgehead atoms. The van der Waals surface area contributed by atoms with Crippen molar-refractivity contribution < 1.29 is 19.4 Å². The summed E-state index contributed by atoms with van der Waals surface area (Å²) in [5.41, 5.74) is 2.24. The smallest absolute Gasteiger partial charge is 0.226 e. The summed E-state index contributed by atoms with van der Waals surface area (Å²) in [5.74, 6) is -0.899. The van der Waals surface area contributed by atoms with Gasteiger partial charge < -0.3 is 15.2 Å². The highest BCUT2D eigenvalue weighted by atomic mass is 35.5. The minimum Gasteiger partial charge on any atom is -0.497 e. The Morgan fingerprint density at radius 1 is 1.34 bits per heavy atom. The van der Waals surface area contributed by atoms with Crippen LogP contribution in [0.1, 0.15) is 28.4 Å². The molecule has 0 unspecified atom stereocenters. The van der Waals surface area contributed by atoms with Crippen LogP contribution in [0, 0.1) is 19.4 Å². The molecule has 0 aliphatic heterocycles. The SMILES string of the molecule is CP=S.[C-]#[N+]c1ccc(C[C@@H](C(=O)NCC(=O)c2cccc(OC)c2)[C@H](C)O)c(C)c1Cl. The molecule has 170 valence electrons. The fraction of sp³-hybridized carbons (Fsp3) is 0.348. The first-order valence-corrected chi connectivity index (χ1v) is 12.4. The molecule has 0 heterocycles. The van der Waals surface area contributed by atoms with E-state index in [0.717, 1.165) is 12.9 Å². The van der Waals surface area contributed by atoms with Crippen LogP contribution in [0.25, 0.3) is 4.85 Å². The number of halogens is 1. The van der Waals surface area contributed by atoms with E-state index in [2.05, 4.69) is 22.0 Å². The lowest BCUT2D eigenvalue weighted by molar-refractivity contribution is -0.127. The molecule has 0 aliphatic rings. The predicted molar refractivity (Wildman–Crippen MR) is 132 cm³/mol. The van der Waals surface area contributed by atoms with Crippen molar-refractivity contribution in [3.05, 3.63) is 69.5 Å². The molecule has 9 heteroatoms. The Kier molecular flexibility index (Phi) is 12.0. The van der Waals surface area contributed by atoms with Crippen LogP contribution < -0.4 is 10.1 Å². The molecule has 0 spiro atoms. The number of carbonyl (C=O) groups is 2. The van der Waals surface area contributed by atoms with Crippen LogP contribution in [0.2, 0.25) is 5.02 Å². The number of ether oxygens (including phenoxy) is 1. The fourth-order valence-corrected chi connectivity index (χ4v) is 3.16. The van der Waals surface area contributed by atoms with Crippen molar-refractivity contribution in [1.82, 2.24) is 5.32 Å². The third-order valence-electron chi connectivity index (χ3n) is 4.77. The number of ketones is 1. The van der Waals surface area contributed by atoms with Crippen molar-refractivity contribution in [3.8, 4) is 5.75 Å². The van der Waals surface area contributed by atoms with Crippen molar-refractivity contribution in [2.24, 2.45) is 5.92 Å². The highest BCUT2D eigenvalue weighted by Gasteiger charge is 2.26. The number of Topliss-reactive ketones (excluding diaryl/α,β-unsaturated/α-hetero) is 1. The fourth-order valence-electron chi connectivity index (χ4n) is 2.93. The lowest BCUT2D eigenvalue weighted by Gasteiger charge is -2.21. The normalized spacial score (nSPS) is 12.0. The number of methoxy groups -OCH3 is 1. The second kappa shape index (κ2) is 13.9. The van der Waals surface area contributed by atoms with E-state index in [1.54, 1.807) is 43.3 Å². The third-order valence-corrected chi connectivity index (χ3v) is 5.25. The minimum atomic E-state index is -0.930. The number of benzene rings is 2. The van der Waals surface area contributed by atoms with Gasteiger partial charge in [-0.3, -0.25) is 9.59 Å². The Bertz CT molecular complexity index is 1010. The minimum absolute atomic E-state index is 0.189. The number of hydrogen-bond acceptors (Lipinski definition) is 5. The number of hydrogen-bond donors (Lipinski definition) is 2. The maximum Gasteiger partial charge on any atom is 0.226 e. The van der Waals surface area contributed by atoms with Crippen LogP contribution in [-0.2, 0) is 23.0 Å². The third kappa shape index (κ3) is 7.96. The topological polar surface area (TPSA) is 80.0 Å². The quantitative estimate of drug-likeness (QED) is 0.315. The van der Waals surface area contributed by atoms with Crippen LogP contribution in [0.4, 0.5) is 5.69 Å². The van der Waals surface area contributed by atoms with Gasteiger partial charge in [0.1, 0.15) is 5.75 Å². The van der Waals surface area contributed by atoms with Crippen molar-refractivity contribution in [3.63, 3.8) is 0 Å². The highest BCUT2D eigenvalue weighted by molar-refractivity contribution is 7.96. The molecular weight excluding hydrogens is 467 g/mol. The predicted octanol–water partition coefficient (Wildman–Crippen LogP) is 4.77. The Hall–Kier alpha value is -2.36. The van der Waals surface area contributed by atoms with Gasteiger partial charge >= 0.3 is 0 Å². The first kappa shape index (κ1) is 27.7. The molecule has 32 heavy (non-hydrogen) atoms. The number of nitrogens with zero attached hydrogens (tertiary/aromatic N) is 1. The summed E-state index contributed by atoms with van der Waals surface area (Å²) in [6.07, 6.45) is -0.693. The van der Waals surface area contributed by atoms with Gasteiger partial charge in [0, 0.05) is 5.56 Å². The molecule has 2 atom stereocenters. The van der Waals surface area contributed by atoms with Crippen LogP contribution in [0.15, 0.2) is 36.4 Å². The monoisotopic (exact) mass is 492 g/mol. The number of carbonyl (C=O) groups excluding carboxylic acids is 2. The van der Waals surface area contributed by atoms with Crippen LogP contribution in [0.5, 0.6) is 5.75 Å². The largest absolute Gasteiger partial charge is 0.497 e. The molecule has 2 aromatic rings. The van der Waals surface area contributed by atoms with Crippen LogP contribution in [-0.4, -0.2) is 43.2 Å². The van der Waals surface area contributed by atoms with E-state index >= 15 is 0 Å². The summed E-state index contributed by atoms with van der Waals surface area (Å²) in [6.45, 7) is 12.1. The van der Waals surface area contributed by atoms with E-state index in [1.807, 2.05) is 6.66 Å². The number of amides is 1. The van der Waals surface area contributed by atoms with Gasteiger partial charge in [-0.1, -0.05) is 47.7 Å². The van der Waals surface area contributed by atoms with Crippen LogP contribution >= 0.6 is 19.0 Å². The van der Waals surface area contributed by atoms with E-state index in [1.165, 1.54) is 14.0 Å².